The lowest BCUT2D eigenvalue weighted by molar-refractivity contribution is -0.118. The lowest BCUT2D eigenvalue weighted by Gasteiger charge is -2.12. The molecule has 1 aromatic carbocycles. The van der Waals surface area contributed by atoms with Crippen molar-refractivity contribution in [3.63, 3.8) is 0 Å². The normalized spacial score (nSPS) is 10.1. The first-order chi connectivity index (χ1) is 10.4. The molecule has 0 aliphatic carbocycles. The number of carbonyl (C=O) groups is 2. The smallest absolute Gasteiger partial charge is 0.263 e. The molecule has 0 atom stereocenters. The van der Waals surface area contributed by atoms with Gasteiger partial charge in [0.25, 0.3) is 5.91 Å². The van der Waals surface area contributed by atoms with Crippen LogP contribution in [-0.2, 0) is 9.59 Å². The summed E-state index contributed by atoms with van der Waals surface area (Å²) in [5, 5.41) is 8.87. The summed E-state index contributed by atoms with van der Waals surface area (Å²) in [6.07, 6.45) is 0. The van der Waals surface area contributed by atoms with Crippen molar-refractivity contribution in [2.24, 2.45) is 0 Å². The summed E-state index contributed by atoms with van der Waals surface area (Å²) in [7, 11) is 0. The van der Waals surface area contributed by atoms with E-state index in [2.05, 4.69) is 15.8 Å². The lowest BCUT2D eigenvalue weighted by Crippen LogP contribution is -2.21. The number of rotatable bonds is 5. The summed E-state index contributed by atoms with van der Waals surface area (Å²) in [5.41, 5.74) is 1.47. The zero-order chi connectivity index (χ0) is 16.1. The number of benzene rings is 1. The van der Waals surface area contributed by atoms with Crippen LogP contribution in [0.4, 0.5) is 11.5 Å². The van der Waals surface area contributed by atoms with E-state index >= 15 is 0 Å². The van der Waals surface area contributed by atoms with Crippen molar-refractivity contribution in [1.82, 2.24) is 5.16 Å². The highest BCUT2D eigenvalue weighted by Gasteiger charge is 2.10. The number of aromatic nitrogens is 1. The van der Waals surface area contributed by atoms with E-state index in [0.29, 0.717) is 23.0 Å². The highest BCUT2D eigenvalue weighted by Crippen LogP contribution is 2.25. The van der Waals surface area contributed by atoms with Crippen LogP contribution in [0.5, 0.6) is 5.75 Å². The summed E-state index contributed by atoms with van der Waals surface area (Å²) < 4.78 is 10.3. The van der Waals surface area contributed by atoms with Gasteiger partial charge in [-0.25, -0.2) is 0 Å². The van der Waals surface area contributed by atoms with Crippen LogP contribution in [0, 0.1) is 13.8 Å². The first-order valence-electron chi connectivity index (χ1n) is 6.68. The molecule has 0 aliphatic rings. The minimum atomic E-state index is -0.372. The Morgan fingerprint density at radius 3 is 2.64 bits per heavy atom. The van der Waals surface area contributed by atoms with Gasteiger partial charge in [0, 0.05) is 13.0 Å². The largest absolute Gasteiger partial charge is 0.482 e. The van der Waals surface area contributed by atoms with Crippen molar-refractivity contribution in [3.05, 3.63) is 35.6 Å². The minimum absolute atomic E-state index is 0.206. The molecule has 7 heteroatoms. The summed E-state index contributed by atoms with van der Waals surface area (Å²) in [5.74, 6) is 0.779. The number of nitrogens with zero attached hydrogens (tertiary/aromatic N) is 1. The maximum absolute atomic E-state index is 11.8. The molecule has 2 N–H and O–H groups in total. The molecule has 2 aromatic rings. The standard InChI is InChI=1S/C15H17N3O4/c1-9-4-5-12(16-11(3)19)13(6-9)21-8-15(20)17-14-7-10(2)22-18-14/h4-7H,8H2,1-3H3,(H,16,19)(H,17,18,20). The second kappa shape index (κ2) is 6.75. The monoisotopic (exact) mass is 303 g/mol. The van der Waals surface area contributed by atoms with Crippen molar-refractivity contribution < 1.29 is 18.8 Å². The number of carbonyl (C=O) groups excluding carboxylic acids is 2. The Morgan fingerprint density at radius 1 is 1.23 bits per heavy atom. The predicted molar refractivity (Wildman–Crippen MR) is 80.8 cm³/mol. The molecule has 0 saturated heterocycles. The van der Waals surface area contributed by atoms with Crippen molar-refractivity contribution >= 4 is 23.3 Å². The van der Waals surface area contributed by atoms with Gasteiger partial charge in [0.05, 0.1) is 5.69 Å². The Kier molecular flexibility index (Phi) is 4.77. The molecule has 0 bridgehead atoms. The lowest BCUT2D eigenvalue weighted by atomic mass is 10.2. The van der Waals surface area contributed by atoms with Gasteiger partial charge in [0.2, 0.25) is 5.91 Å². The van der Waals surface area contributed by atoms with E-state index in [1.54, 1.807) is 25.1 Å². The molecule has 0 spiro atoms. The number of anilines is 2. The van der Waals surface area contributed by atoms with Crippen molar-refractivity contribution in [2.45, 2.75) is 20.8 Å². The fourth-order valence-electron chi connectivity index (χ4n) is 1.79. The van der Waals surface area contributed by atoms with Gasteiger partial charge in [-0.3, -0.25) is 9.59 Å². The van der Waals surface area contributed by atoms with Gasteiger partial charge in [-0.05, 0) is 31.5 Å². The third-order valence-electron chi connectivity index (χ3n) is 2.70. The summed E-state index contributed by atoms with van der Waals surface area (Å²) >= 11 is 0. The molecule has 0 fully saturated rings. The Bertz CT molecular complexity index is 694. The highest BCUT2D eigenvalue weighted by molar-refractivity contribution is 5.92. The van der Waals surface area contributed by atoms with E-state index in [1.807, 2.05) is 13.0 Å². The molecule has 2 rings (SSSR count). The van der Waals surface area contributed by atoms with E-state index in [4.69, 9.17) is 9.26 Å². The van der Waals surface area contributed by atoms with Gasteiger partial charge >= 0.3 is 0 Å². The van der Waals surface area contributed by atoms with E-state index in [-0.39, 0.29) is 18.4 Å². The molecule has 0 unspecified atom stereocenters. The van der Waals surface area contributed by atoms with Gasteiger partial charge < -0.3 is 19.9 Å². The van der Waals surface area contributed by atoms with Gasteiger partial charge in [-0.2, -0.15) is 0 Å². The quantitative estimate of drug-likeness (QED) is 0.883. The second-order valence-corrected chi connectivity index (χ2v) is 4.84. The van der Waals surface area contributed by atoms with Crippen LogP contribution in [-0.4, -0.2) is 23.6 Å². The first-order valence-corrected chi connectivity index (χ1v) is 6.68. The van der Waals surface area contributed by atoms with Crippen LogP contribution in [0.15, 0.2) is 28.8 Å². The van der Waals surface area contributed by atoms with Crippen molar-refractivity contribution in [1.29, 1.82) is 0 Å². The fourth-order valence-corrected chi connectivity index (χ4v) is 1.79. The van der Waals surface area contributed by atoms with E-state index in [0.717, 1.165) is 5.56 Å². The molecule has 2 amide bonds. The molecule has 7 nitrogen and oxygen atoms in total. The maximum Gasteiger partial charge on any atom is 0.263 e. The van der Waals surface area contributed by atoms with Crippen LogP contribution in [0.1, 0.15) is 18.2 Å². The van der Waals surface area contributed by atoms with Gasteiger partial charge in [-0.1, -0.05) is 11.2 Å². The molecule has 0 aliphatic heterocycles. The van der Waals surface area contributed by atoms with Crippen LogP contribution in [0.25, 0.3) is 0 Å². The highest BCUT2D eigenvalue weighted by atomic mass is 16.5. The van der Waals surface area contributed by atoms with Gasteiger partial charge in [0.15, 0.2) is 12.4 Å². The molecule has 1 heterocycles. The van der Waals surface area contributed by atoms with Crippen molar-refractivity contribution in [2.75, 3.05) is 17.2 Å². The molecular formula is C15H17N3O4. The molecular weight excluding hydrogens is 286 g/mol. The Labute approximate surface area is 127 Å². The number of aryl methyl sites for hydroxylation is 2. The number of ether oxygens (including phenoxy) is 1. The molecule has 0 saturated carbocycles. The summed E-state index contributed by atoms with van der Waals surface area (Å²) in [4.78, 5) is 23.0. The van der Waals surface area contributed by atoms with Crippen LogP contribution in [0.3, 0.4) is 0 Å². The number of nitrogens with one attached hydrogen (secondary N) is 2. The van der Waals surface area contributed by atoms with Crippen LogP contribution >= 0.6 is 0 Å². The summed E-state index contributed by atoms with van der Waals surface area (Å²) in [6.45, 7) is 4.82. The van der Waals surface area contributed by atoms with E-state index in [1.165, 1.54) is 6.92 Å². The number of amides is 2. The third-order valence-corrected chi connectivity index (χ3v) is 2.70. The van der Waals surface area contributed by atoms with Gasteiger partial charge in [-0.15, -0.1) is 0 Å². The zero-order valence-corrected chi connectivity index (χ0v) is 12.6. The zero-order valence-electron chi connectivity index (χ0n) is 12.6. The third kappa shape index (κ3) is 4.34. The maximum atomic E-state index is 11.8. The molecule has 0 radical (unpaired) electrons. The van der Waals surface area contributed by atoms with Crippen LogP contribution < -0.4 is 15.4 Å². The Balaban J connectivity index is 1.99. The molecule has 1 aromatic heterocycles. The van der Waals surface area contributed by atoms with E-state index < -0.39 is 0 Å². The average Bonchev–Trinajstić information content (AvgIpc) is 2.84. The van der Waals surface area contributed by atoms with Crippen molar-refractivity contribution in [3.8, 4) is 5.75 Å². The average molecular weight is 303 g/mol. The SMILES string of the molecule is CC(=O)Nc1ccc(C)cc1OCC(=O)Nc1cc(C)on1. The van der Waals surface area contributed by atoms with Crippen LogP contribution in [0.2, 0.25) is 0 Å². The summed E-state index contributed by atoms with van der Waals surface area (Å²) in [6, 6.07) is 6.92. The number of hydrogen-bond acceptors (Lipinski definition) is 5. The predicted octanol–water partition coefficient (Wildman–Crippen LogP) is 2.27. The molecule has 22 heavy (non-hydrogen) atoms. The fraction of sp³-hybridized carbons (Fsp3) is 0.267. The molecule has 116 valence electrons. The topological polar surface area (TPSA) is 93.5 Å². The number of hydrogen-bond donors (Lipinski definition) is 2. The van der Waals surface area contributed by atoms with Gasteiger partial charge in [0.1, 0.15) is 11.5 Å². The Morgan fingerprint density at radius 2 is 2.00 bits per heavy atom. The van der Waals surface area contributed by atoms with E-state index in [9.17, 15) is 9.59 Å². The minimum Gasteiger partial charge on any atom is -0.482 e. The second-order valence-electron chi connectivity index (χ2n) is 4.84. The Hall–Kier alpha value is -2.83. The first kappa shape index (κ1) is 15.6.